The lowest BCUT2D eigenvalue weighted by atomic mass is 10.0. The van der Waals surface area contributed by atoms with Crippen LogP contribution in [0.5, 0.6) is 0 Å². The smallest absolute Gasteiger partial charge is 0.323 e. The zero-order chi connectivity index (χ0) is 14.7. The molecule has 1 aliphatic heterocycles. The predicted octanol–water partition coefficient (Wildman–Crippen LogP) is 1.60. The highest BCUT2D eigenvalue weighted by Gasteiger charge is 2.32. The van der Waals surface area contributed by atoms with Crippen LogP contribution in [0.1, 0.15) is 18.5 Å². The van der Waals surface area contributed by atoms with E-state index in [1.165, 1.54) is 0 Å². The number of ether oxygens (including phenoxy) is 1. The van der Waals surface area contributed by atoms with Gasteiger partial charge in [0.2, 0.25) is 0 Å². The maximum atomic E-state index is 11.3. The fraction of sp³-hybridized carbons (Fsp3) is 0.533. The van der Waals surface area contributed by atoms with Crippen molar-refractivity contribution >= 4 is 11.7 Å². The number of anilines is 1. The van der Waals surface area contributed by atoms with Crippen molar-refractivity contribution in [1.82, 2.24) is 4.90 Å². The molecule has 0 aromatic heterocycles. The Hall–Kier alpha value is -1.59. The Morgan fingerprint density at radius 3 is 2.60 bits per heavy atom. The van der Waals surface area contributed by atoms with Gasteiger partial charge >= 0.3 is 5.97 Å². The molecule has 0 saturated carbocycles. The van der Waals surface area contributed by atoms with E-state index in [4.69, 9.17) is 4.74 Å². The molecule has 0 aliphatic carbocycles. The quantitative estimate of drug-likeness (QED) is 0.906. The van der Waals surface area contributed by atoms with Crippen LogP contribution in [0.4, 0.5) is 5.69 Å². The van der Waals surface area contributed by atoms with Gasteiger partial charge in [0.15, 0.2) is 0 Å². The van der Waals surface area contributed by atoms with E-state index in [1.54, 1.807) is 0 Å². The summed E-state index contributed by atoms with van der Waals surface area (Å²) in [4.78, 5) is 15.4. The van der Waals surface area contributed by atoms with Gasteiger partial charge < -0.3 is 14.7 Å². The maximum absolute atomic E-state index is 11.3. The highest BCUT2D eigenvalue weighted by molar-refractivity contribution is 5.73. The lowest BCUT2D eigenvalue weighted by Crippen LogP contribution is -2.50. The van der Waals surface area contributed by atoms with Gasteiger partial charge in [-0.3, -0.25) is 9.69 Å². The number of aliphatic carboxylic acids is 1. The Bertz CT molecular complexity index is 459. The first kappa shape index (κ1) is 14.8. The number of morpholine rings is 1. The third-order valence-corrected chi connectivity index (χ3v) is 3.84. The minimum Gasteiger partial charge on any atom is -0.480 e. The van der Waals surface area contributed by atoms with E-state index >= 15 is 0 Å². The molecule has 0 bridgehead atoms. The van der Waals surface area contributed by atoms with Gasteiger partial charge in [-0.15, -0.1) is 0 Å². The molecule has 0 amide bonds. The van der Waals surface area contributed by atoms with E-state index in [-0.39, 0.29) is 12.6 Å². The molecule has 5 heteroatoms. The van der Waals surface area contributed by atoms with Crippen LogP contribution in [0.3, 0.4) is 0 Å². The van der Waals surface area contributed by atoms with Crippen LogP contribution in [0, 0.1) is 0 Å². The molecule has 5 nitrogen and oxygen atoms in total. The number of rotatable bonds is 4. The highest BCUT2D eigenvalue weighted by Crippen LogP contribution is 2.26. The van der Waals surface area contributed by atoms with Crippen LogP contribution in [0.2, 0.25) is 0 Å². The average molecular weight is 278 g/mol. The second-order valence-electron chi connectivity index (χ2n) is 5.33. The molecule has 110 valence electrons. The highest BCUT2D eigenvalue weighted by atomic mass is 16.5. The summed E-state index contributed by atoms with van der Waals surface area (Å²) >= 11 is 0. The molecule has 1 heterocycles. The molecule has 1 saturated heterocycles. The topological polar surface area (TPSA) is 53.0 Å². The van der Waals surface area contributed by atoms with Crippen molar-refractivity contribution in [2.75, 3.05) is 38.8 Å². The zero-order valence-electron chi connectivity index (χ0n) is 12.2. The van der Waals surface area contributed by atoms with Gasteiger partial charge in [-0.1, -0.05) is 12.1 Å². The van der Waals surface area contributed by atoms with Gasteiger partial charge in [0.25, 0.3) is 0 Å². The normalized spacial score (nSPS) is 21.4. The molecule has 1 N–H and O–H groups in total. The zero-order valence-corrected chi connectivity index (χ0v) is 12.2. The number of carboxylic acids is 1. The van der Waals surface area contributed by atoms with Crippen molar-refractivity contribution in [3.05, 3.63) is 29.8 Å². The van der Waals surface area contributed by atoms with E-state index in [0.29, 0.717) is 13.2 Å². The van der Waals surface area contributed by atoms with Crippen molar-refractivity contribution in [1.29, 1.82) is 0 Å². The molecule has 2 atom stereocenters. The summed E-state index contributed by atoms with van der Waals surface area (Å²) in [6.45, 7) is 3.54. The number of benzene rings is 1. The molecule has 1 aromatic carbocycles. The van der Waals surface area contributed by atoms with E-state index in [0.717, 1.165) is 11.3 Å². The molecule has 2 rings (SSSR count). The van der Waals surface area contributed by atoms with Crippen LogP contribution in [0.25, 0.3) is 0 Å². The Kier molecular flexibility index (Phi) is 4.62. The van der Waals surface area contributed by atoms with Crippen molar-refractivity contribution in [2.24, 2.45) is 0 Å². The van der Waals surface area contributed by atoms with Crippen molar-refractivity contribution in [3.8, 4) is 0 Å². The van der Waals surface area contributed by atoms with Gasteiger partial charge in [-0.25, -0.2) is 0 Å². The third kappa shape index (κ3) is 3.11. The fourth-order valence-corrected chi connectivity index (χ4v) is 2.54. The SMILES string of the molecule is CC(c1ccc(N(C)C)cc1)N1CCOCC1C(=O)O. The number of hydrogen-bond donors (Lipinski definition) is 1. The Morgan fingerprint density at radius 1 is 1.40 bits per heavy atom. The molecule has 1 aromatic rings. The summed E-state index contributed by atoms with van der Waals surface area (Å²) < 4.78 is 5.28. The van der Waals surface area contributed by atoms with Crippen LogP contribution < -0.4 is 4.90 Å². The second-order valence-corrected chi connectivity index (χ2v) is 5.33. The van der Waals surface area contributed by atoms with Gasteiger partial charge in [0.1, 0.15) is 6.04 Å². The molecule has 20 heavy (non-hydrogen) atoms. The van der Waals surface area contributed by atoms with E-state index < -0.39 is 12.0 Å². The molecule has 0 spiro atoms. The Labute approximate surface area is 119 Å². The third-order valence-electron chi connectivity index (χ3n) is 3.84. The standard InChI is InChI=1S/C15H22N2O3/c1-11(12-4-6-13(7-5-12)16(2)3)17-8-9-20-10-14(17)15(18)19/h4-7,11,14H,8-10H2,1-3H3,(H,18,19). The van der Waals surface area contributed by atoms with Gasteiger partial charge in [-0.2, -0.15) is 0 Å². The first-order chi connectivity index (χ1) is 9.50. The summed E-state index contributed by atoms with van der Waals surface area (Å²) in [5.74, 6) is -0.818. The van der Waals surface area contributed by atoms with Crippen LogP contribution in [0.15, 0.2) is 24.3 Å². The van der Waals surface area contributed by atoms with E-state index in [9.17, 15) is 9.90 Å². The average Bonchev–Trinajstić information content (AvgIpc) is 2.46. The molecule has 2 unspecified atom stereocenters. The largest absolute Gasteiger partial charge is 0.480 e. The van der Waals surface area contributed by atoms with Crippen LogP contribution in [-0.4, -0.2) is 55.9 Å². The van der Waals surface area contributed by atoms with Crippen LogP contribution >= 0.6 is 0 Å². The van der Waals surface area contributed by atoms with E-state index in [1.807, 2.05) is 30.8 Å². The van der Waals surface area contributed by atoms with Crippen molar-refractivity contribution in [3.63, 3.8) is 0 Å². The number of nitrogens with zero attached hydrogens (tertiary/aromatic N) is 2. The number of carboxylic acid groups (broad SMARTS) is 1. The van der Waals surface area contributed by atoms with E-state index in [2.05, 4.69) is 24.3 Å². The lowest BCUT2D eigenvalue weighted by Gasteiger charge is -2.37. The van der Waals surface area contributed by atoms with Gasteiger partial charge in [0, 0.05) is 32.4 Å². The Balaban J connectivity index is 2.16. The Morgan fingerprint density at radius 2 is 2.05 bits per heavy atom. The summed E-state index contributed by atoms with van der Waals surface area (Å²) in [7, 11) is 4.00. The summed E-state index contributed by atoms with van der Waals surface area (Å²) in [5.41, 5.74) is 2.27. The molecule has 1 aliphatic rings. The molecule has 0 radical (unpaired) electrons. The van der Waals surface area contributed by atoms with Gasteiger partial charge in [-0.05, 0) is 24.6 Å². The molecule has 1 fully saturated rings. The lowest BCUT2D eigenvalue weighted by molar-refractivity contribution is -0.151. The summed E-state index contributed by atoms with van der Waals surface area (Å²) in [5, 5.41) is 9.29. The van der Waals surface area contributed by atoms with Gasteiger partial charge in [0.05, 0.1) is 13.2 Å². The molecular formula is C15H22N2O3. The molecular weight excluding hydrogens is 256 g/mol. The van der Waals surface area contributed by atoms with Crippen molar-refractivity contribution in [2.45, 2.75) is 19.0 Å². The van der Waals surface area contributed by atoms with Crippen molar-refractivity contribution < 1.29 is 14.6 Å². The minimum absolute atomic E-state index is 0.0659. The first-order valence-electron chi connectivity index (χ1n) is 6.84. The minimum atomic E-state index is -0.818. The monoisotopic (exact) mass is 278 g/mol. The summed E-state index contributed by atoms with van der Waals surface area (Å²) in [6.07, 6.45) is 0. The summed E-state index contributed by atoms with van der Waals surface area (Å²) in [6, 6.07) is 7.75. The first-order valence-corrected chi connectivity index (χ1v) is 6.84. The number of hydrogen-bond acceptors (Lipinski definition) is 4. The van der Waals surface area contributed by atoms with Crippen LogP contribution in [-0.2, 0) is 9.53 Å². The maximum Gasteiger partial charge on any atom is 0.323 e. The second kappa shape index (κ2) is 6.24. The fourth-order valence-electron chi connectivity index (χ4n) is 2.54. The predicted molar refractivity (Wildman–Crippen MR) is 78.1 cm³/mol. The number of carbonyl (C=O) groups is 1.